The molecule has 0 fully saturated rings. The Morgan fingerprint density at radius 1 is 1.22 bits per heavy atom. The van der Waals surface area contributed by atoms with Crippen molar-refractivity contribution in [2.75, 3.05) is 11.1 Å². The SMILES string of the molecule is C[C@H]1C(=O)Nc2ccc(C(=O)CSc3ccc(F)cc3F)cc21. The number of hydrogen-bond donors (Lipinski definition) is 1. The minimum absolute atomic E-state index is 0.0388. The van der Waals surface area contributed by atoms with Crippen LogP contribution in [-0.4, -0.2) is 17.4 Å². The van der Waals surface area contributed by atoms with Gasteiger partial charge in [0.1, 0.15) is 11.6 Å². The zero-order valence-corrected chi connectivity index (χ0v) is 13.0. The van der Waals surface area contributed by atoms with Gasteiger partial charge in [0.25, 0.3) is 0 Å². The number of carbonyl (C=O) groups is 2. The van der Waals surface area contributed by atoms with Crippen LogP contribution in [0, 0.1) is 11.6 Å². The van der Waals surface area contributed by atoms with Crippen molar-refractivity contribution < 1.29 is 18.4 Å². The number of rotatable bonds is 4. The highest BCUT2D eigenvalue weighted by molar-refractivity contribution is 8.00. The monoisotopic (exact) mass is 333 g/mol. The van der Waals surface area contributed by atoms with Crippen molar-refractivity contribution in [2.24, 2.45) is 0 Å². The molecule has 0 aliphatic carbocycles. The molecule has 1 atom stereocenters. The van der Waals surface area contributed by atoms with E-state index in [-0.39, 0.29) is 28.3 Å². The Labute approximate surface area is 136 Å². The molecule has 0 radical (unpaired) electrons. The summed E-state index contributed by atoms with van der Waals surface area (Å²) < 4.78 is 26.4. The molecule has 1 amide bonds. The Hall–Kier alpha value is -2.21. The molecular weight excluding hydrogens is 320 g/mol. The fraction of sp³-hybridized carbons (Fsp3) is 0.176. The lowest BCUT2D eigenvalue weighted by Gasteiger charge is -2.06. The van der Waals surface area contributed by atoms with E-state index in [4.69, 9.17) is 0 Å². The van der Waals surface area contributed by atoms with Crippen LogP contribution >= 0.6 is 11.8 Å². The smallest absolute Gasteiger partial charge is 0.231 e. The molecule has 23 heavy (non-hydrogen) atoms. The number of fused-ring (bicyclic) bond motifs is 1. The summed E-state index contributed by atoms with van der Waals surface area (Å²) in [6.07, 6.45) is 0. The van der Waals surface area contributed by atoms with Gasteiger partial charge in [-0.1, -0.05) is 0 Å². The minimum Gasteiger partial charge on any atom is -0.325 e. The number of ketones is 1. The Balaban J connectivity index is 1.73. The molecule has 0 saturated carbocycles. The van der Waals surface area contributed by atoms with Gasteiger partial charge in [-0.05, 0) is 42.8 Å². The van der Waals surface area contributed by atoms with Gasteiger partial charge in [-0.15, -0.1) is 11.8 Å². The maximum absolute atomic E-state index is 13.6. The van der Waals surface area contributed by atoms with Crippen molar-refractivity contribution in [3.8, 4) is 0 Å². The maximum atomic E-state index is 13.6. The van der Waals surface area contributed by atoms with Crippen LogP contribution in [0.4, 0.5) is 14.5 Å². The number of amides is 1. The van der Waals surface area contributed by atoms with Gasteiger partial charge in [0.2, 0.25) is 5.91 Å². The molecule has 0 aromatic heterocycles. The number of hydrogen-bond acceptors (Lipinski definition) is 3. The topological polar surface area (TPSA) is 46.2 Å². The Morgan fingerprint density at radius 2 is 2.00 bits per heavy atom. The van der Waals surface area contributed by atoms with Crippen LogP contribution in [0.25, 0.3) is 0 Å². The van der Waals surface area contributed by atoms with Crippen molar-refractivity contribution in [1.82, 2.24) is 0 Å². The average molecular weight is 333 g/mol. The molecule has 118 valence electrons. The van der Waals surface area contributed by atoms with E-state index in [1.165, 1.54) is 6.07 Å². The number of anilines is 1. The van der Waals surface area contributed by atoms with Crippen molar-refractivity contribution >= 4 is 29.1 Å². The minimum atomic E-state index is -0.680. The predicted octanol–water partition coefficient (Wildman–Crippen LogP) is 4.00. The van der Waals surface area contributed by atoms with Crippen LogP contribution in [0.3, 0.4) is 0 Å². The Kier molecular flexibility index (Phi) is 4.17. The van der Waals surface area contributed by atoms with Crippen LogP contribution in [0.15, 0.2) is 41.3 Å². The van der Waals surface area contributed by atoms with Gasteiger partial charge in [-0.2, -0.15) is 0 Å². The summed E-state index contributed by atoms with van der Waals surface area (Å²) in [6, 6.07) is 8.30. The van der Waals surface area contributed by atoms with E-state index in [0.717, 1.165) is 35.1 Å². The molecule has 1 aliphatic rings. The van der Waals surface area contributed by atoms with Crippen molar-refractivity contribution in [3.05, 3.63) is 59.2 Å². The second-order valence-corrected chi connectivity index (χ2v) is 6.32. The van der Waals surface area contributed by atoms with E-state index in [0.29, 0.717) is 5.56 Å². The summed E-state index contributed by atoms with van der Waals surface area (Å²) in [6.45, 7) is 1.78. The third-order valence-corrected chi connectivity index (χ3v) is 4.79. The molecule has 3 rings (SSSR count). The Bertz CT molecular complexity index is 807. The third-order valence-electron chi connectivity index (χ3n) is 3.74. The normalized spacial score (nSPS) is 16.1. The Morgan fingerprint density at radius 3 is 2.74 bits per heavy atom. The first-order chi connectivity index (χ1) is 11.0. The van der Waals surface area contributed by atoms with Crippen LogP contribution < -0.4 is 5.32 Å². The highest BCUT2D eigenvalue weighted by atomic mass is 32.2. The van der Waals surface area contributed by atoms with Gasteiger partial charge in [0, 0.05) is 22.2 Å². The summed E-state index contributed by atoms with van der Waals surface area (Å²) in [5, 5.41) is 2.74. The first-order valence-electron chi connectivity index (χ1n) is 7.01. The molecule has 0 spiro atoms. The number of benzene rings is 2. The van der Waals surface area contributed by atoms with Crippen LogP contribution in [0.1, 0.15) is 28.8 Å². The molecular formula is C17H13F2NO2S. The zero-order chi connectivity index (χ0) is 16.6. The lowest BCUT2D eigenvalue weighted by atomic mass is 9.99. The number of nitrogens with one attached hydrogen (secondary N) is 1. The number of Topliss-reactive ketones (excluding diaryl/α,β-unsaturated/α-hetero) is 1. The second kappa shape index (κ2) is 6.12. The maximum Gasteiger partial charge on any atom is 0.231 e. The number of carbonyl (C=O) groups excluding carboxylic acids is 2. The highest BCUT2D eigenvalue weighted by Gasteiger charge is 2.27. The molecule has 2 aromatic carbocycles. The van der Waals surface area contributed by atoms with E-state index in [9.17, 15) is 18.4 Å². The van der Waals surface area contributed by atoms with Crippen LogP contribution in [-0.2, 0) is 4.79 Å². The van der Waals surface area contributed by atoms with E-state index in [1.54, 1.807) is 25.1 Å². The van der Waals surface area contributed by atoms with E-state index in [2.05, 4.69) is 5.32 Å². The molecule has 1 heterocycles. The quantitative estimate of drug-likeness (QED) is 0.680. The van der Waals surface area contributed by atoms with Crippen molar-refractivity contribution in [3.63, 3.8) is 0 Å². The molecule has 2 aromatic rings. The predicted molar refractivity (Wildman–Crippen MR) is 84.9 cm³/mol. The molecule has 0 saturated heterocycles. The number of halogens is 2. The highest BCUT2D eigenvalue weighted by Crippen LogP contribution is 2.33. The lowest BCUT2D eigenvalue weighted by Crippen LogP contribution is -2.08. The molecule has 0 unspecified atom stereocenters. The van der Waals surface area contributed by atoms with E-state index >= 15 is 0 Å². The zero-order valence-electron chi connectivity index (χ0n) is 12.2. The summed E-state index contributed by atoms with van der Waals surface area (Å²) in [7, 11) is 0. The van der Waals surface area contributed by atoms with Gasteiger partial charge in [0.15, 0.2) is 5.78 Å². The fourth-order valence-corrected chi connectivity index (χ4v) is 3.22. The van der Waals surface area contributed by atoms with Crippen LogP contribution in [0.5, 0.6) is 0 Å². The molecule has 6 heteroatoms. The summed E-state index contributed by atoms with van der Waals surface area (Å²) in [5.41, 5.74) is 1.98. The second-order valence-electron chi connectivity index (χ2n) is 5.30. The van der Waals surface area contributed by atoms with Gasteiger partial charge in [0.05, 0.1) is 11.7 Å². The molecule has 3 nitrogen and oxygen atoms in total. The first-order valence-corrected chi connectivity index (χ1v) is 8.00. The third kappa shape index (κ3) is 3.12. The molecule has 1 aliphatic heterocycles. The van der Waals surface area contributed by atoms with Gasteiger partial charge in [-0.25, -0.2) is 8.78 Å². The lowest BCUT2D eigenvalue weighted by molar-refractivity contribution is -0.116. The first kappa shape index (κ1) is 15.7. The van der Waals surface area contributed by atoms with E-state index < -0.39 is 11.6 Å². The van der Waals surface area contributed by atoms with E-state index in [1.807, 2.05) is 0 Å². The summed E-state index contributed by atoms with van der Waals surface area (Å²) in [5.74, 6) is -1.85. The molecule has 1 N–H and O–H groups in total. The summed E-state index contributed by atoms with van der Waals surface area (Å²) >= 11 is 1.02. The van der Waals surface area contributed by atoms with Gasteiger partial charge < -0.3 is 5.32 Å². The number of thioether (sulfide) groups is 1. The van der Waals surface area contributed by atoms with Gasteiger partial charge >= 0.3 is 0 Å². The van der Waals surface area contributed by atoms with Crippen molar-refractivity contribution in [2.45, 2.75) is 17.7 Å². The van der Waals surface area contributed by atoms with Gasteiger partial charge in [-0.3, -0.25) is 9.59 Å². The standard InChI is InChI=1S/C17H13F2NO2S/c1-9-12-6-10(2-4-14(12)20-17(9)22)15(21)8-23-16-5-3-11(18)7-13(16)19/h2-7,9H,8H2,1H3,(H,20,22)/t9-/m1/s1. The fourth-order valence-electron chi connectivity index (χ4n) is 2.41. The van der Waals surface area contributed by atoms with Crippen LogP contribution in [0.2, 0.25) is 0 Å². The largest absolute Gasteiger partial charge is 0.325 e. The molecule has 0 bridgehead atoms. The summed E-state index contributed by atoms with van der Waals surface area (Å²) in [4.78, 5) is 24.1. The average Bonchev–Trinajstić information content (AvgIpc) is 2.80. The van der Waals surface area contributed by atoms with Crippen molar-refractivity contribution in [1.29, 1.82) is 0 Å².